The quantitative estimate of drug-likeness (QED) is 0.564. The van der Waals surface area contributed by atoms with Gasteiger partial charge in [-0.3, -0.25) is 4.79 Å². The third-order valence-electron chi connectivity index (χ3n) is 4.04. The number of hydrogen-bond donors (Lipinski definition) is 3. The Hall–Kier alpha value is -1.30. The number of nitrogens with one attached hydrogen (secondary N) is 2. The Kier molecular flexibility index (Phi) is 11.5. The van der Waals surface area contributed by atoms with Gasteiger partial charge in [-0.15, -0.1) is 24.8 Å². The zero-order chi connectivity index (χ0) is 16.7. The fraction of sp³-hybridized carbons (Fsp3) is 0.556. The number of H-pyrrole nitrogens is 1. The number of halogens is 2. The van der Waals surface area contributed by atoms with Crippen molar-refractivity contribution in [3.8, 4) is 0 Å². The number of benzene rings is 1. The molecule has 1 aromatic carbocycles. The van der Waals surface area contributed by atoms with Gasteiger partial charge in [-0.2, -0.15) is 0 Å². The molecule has 0 aliphatic carbocycles. The Bertz CT molecular complexity index is 597. The van der Waals surface area contributed by atoms with Gasteiger partial charge in [0.15, 0.2) is 0 Å². The molecular weight excluding hydrogens is 359 g/mol. The van der Waals surface area contributed by atoms with Crippen molar-refractivity contribution in [3.05, 3.63) is 30.1 Å². The van der Waals surface area contributed by atoms with Crippen LogP contribution in [-0.4, -0.2) is 22.4 Å². The molecule has 7 heteroatoms. The lowest BCUT2D eigenvalue weighted by atomic mass is 10.0. The standard InChI is InChI=1S/C18H28N4O.2ClH/c1-13(2)17(22-16(23)11-5-3-4-8-12-19)18-20-14-9-6-7-10-15(14)21-18;;/h6-7,9-10,13,17H,3-5,8,11-12,19H2,1-2H3,(H,20,21)(H,22,23);2*1H. The fourth-order valence-electron chi connectivity index (χ4n) is 2.70. The molecular formula is C18H30Cl2N4O. The van der Waals surface area contributed by atoms with E-state index in [2.05, 4.69) is 29.1 Å². The van der Waals surface area contributed by atoms with Crippen molar-refractivity contribution in [2.45, 2.75) is 52.0 Å². The van der Waals surface area contributed by atoms with E-state index in [1.54, 1.807) is 0 Å². The smallest absolute Gasteiger partial charge is 0.220 e. The van der Waals surface area contributed by atoms with Crippen molar-refractivity contribution in [2.75, 3.05) is 6.54 Å². The van der Waals surface area contributed by atoms with Crippen LogP contribution in [0.4, 0.5) is 0 Å². The highest BCUT2D eigenvalue weighted by atomic mass is 35.5. The minimum absolute atomic E-state index is 0. The van der Waals surface area contributed by atoms with Crippen LogP contribution in [0.5, 0.6) is 0 Å². The van der Waals surface area contributed by atoms with Crippen LogP contribution in [-0.2, 0) is 4.79 Å². The minimum atomic E-state index is -0.0843. The van der Waals surface area contributed by atoms with Crippen molar-refractivity contribution in [2.24, 2.45) is 11.7 Å². The minimum Gasteiger partial charge on any atom is -0.346 e. The topological polar surface area (TPSA) is 83.8 Å². The van der Waals surface area contributed by atoms with Crippen molar-refractivity contribution in [3.63, 3.8) is 0 Å². The first-order chi connectivity index (χ1) is 11.1. The number of rotatable bonds is 9. The number of fused-ring (bicyclic) bond motifs is 1. The summed E-state index contributed by atoms with van der Waals surface area (Å²) in [5, 5.41) is 3.13. The lowest BCUT2D eigenvalue weighted by Crippen LogP contribution is -2.32. The molecule has 2 aromatic rings. The molecule has 0 aliphatic heterocycles. The summed E-state index contributed by atoms with van der Waals surface area (Å²) in [6, 6.07) is 7.85. The van der Waals surface area contributed by atoms with E-state index in [9.17, 15) is 4.79 Å². The first kappa shape index (κ1) is 23.7. The number of nitrogens with zero attached hydrogens (tertiary/aromatic N) is 1. The van der Waals surface area contributed by atoms with Crippen LogP contribution in [0.2, 0.25) is 0 Å². The highest BCUT2D eigenvalue weighted by Crippen LogP contribution is 2.22. The van der Waals surface area contributed by atoms with Crippen LogP contribution in [0.1, 0.15) is 57.8 Å². The van der Waals surface area contributed by atoms with Gasteiger partial charge in [-0.1, -0.05) is 38.8 Å². The summed E-state index contributed by atoms with van der Waals surface area (Å²) in [5.41, 5.74) is 7.41. The molecule has 0 bridgehead atoms. The van der Waals surface area contributed by atoms with Gasteiger partial charge in [0.1, 0.15) is 5.82 Å². The van der Waals surface area contributed by atoms with Crippen LogP contribution in [0.25, 0.3) is 11.0 Å². The Morgan fingerprint density at radius 2 is 1.84 bits per heavy atom. The van der Waals surface area contributed by atoms with Gasteiger partial charge in [0.25, 0.3) is 0 Å². The summed E-state index contributed by atoms with van der Waals surface area (Å²) in [6.07, 6.45) is 4.67. The largest absolute Gasteiger partial charge is 0.346 e. The Labute approximate surface area is 162 Å². The highest BCUT2D eigenvalue weighted by Gasteiger charge is 2.21. The van der Waals surface area contributed by atoms with Gasteiger partial charge in [0, 0.05) is 6.42 Å². The number of imidazole rings is 1. The number of aromatic nitrogens is 2. The molecule has 142 valence electrons. The summed E-state index contributed by atoms with van der Waals surface area (Å²) in [4.78, 5) is 20.2. The fourth-order valence-corrected chi connectivity index (χ4v) is 2.70. The van der Waals surface area contributed by atoms with Crippen LogP contribution in [0.3, 0.4) is 0 Å². The molecule has 0 fully saturated rings. The number of para-hydroxylation sites is 2. The molecule has 1 unspecified atom stereocenters. The Morgan fingerprint density at radius 3 is 2.48 bits per heavy atom. The summed E-state index contributed by atoms with van der Waals surface area (Å²) in [6.45, 7) is 4.92. The summed E-state index contributed by atoms with van der Waals surface area (Å²) in [7, 11) is 0. The third-order valence-corrected chi connectivity index (χ3v) is 4.04. The SMILES string of the molecule is CC(C)C(NC(=O)CCCCCCN)c1nc2ccccc2[nH]1.Cl.Cl. The number of carbonyl (C=O) groups excluding carboxylic acids is 1. The zero-order valence-corrected chi connectivity index (χ0v) is 16.6. The first-order valence-electron chi connectivity index (χ1n) is 8.56. The van der Waals surface area contributed by atoms with E-state index in [4.69, 9.17) is 5.73 Å². The van der Waals surface area contributed by atoms with E-state index in [0.717, 1.165) is 49.1 Å². The second-order valence-corrected chi connectivity index (χ2v) is 6.38. The van der Waals surface area contributed by atoms with Crippen LogP contribution < -0.4 is 11.1 Å². The van der Waals surface area contributed by atoms with Crippen LogP contribution in [0.15, 0.2) is 24.3 Å². The number of amides is 1. The van der Waals surface area contributed by atoms with Gasteiger partial charge in [-0.25, -0.2) is 4.98 Å². The second-order valence-electron chi connectivity index (χ2n) is 6.38. The second kappa shape index (κ2) is 12.1. The van der Waals surface area contributed by atoms with Crippen molar-refractivity contribution in [1.82, 2.24) is 15.3 Å². The maximum atomic E-state index is 12.2. The number of unbranched alkanes of at least 4 members (excludes halogenated alkanes) is 3. The predicted molar refractivity (Wildman–Crippen MR) is 108 cm³/mol. The molecule has 0 saturated heterocycles. The molecule has 0 aliphatic rings. The average molecular weight is 389 g/mol. The van der Waals surface area contributed by atoms with Crippen molar-refractivity contribution < 1.29 is 4.79 Å². The first-order valence-corrected chi connectivity index (χ1v) is 8.56. The number of carbonyl (C=O) groups is 1. The molecule has 1 atom stereocenters. The van der Waals surface area contributed by atoms with Gasteiger partial charge in [0.05, 0.1) is 17.1 Å². The number of aromatic amines is 1. The third kappa shape index (κ3) is 7.22. The lowest BCUT2D eigenvalue weighted by Gasteiger charge is -2.20. The highest BCUT2D eigenvalue weighted by molar-refractivity contribution is 5.85. The molecule has 1 aromatic heterocycles. The molecule has 0 spiro atoms. The summed E-state index contributed by atoms with van der Waals surface area (Å²) < 4.78 is 0. The van der Waals surface area contributed by atoms with E-state index >= 15 is 0 Å². The van der Waals surface area contributed by atoms with E-state index in [1.807, 2.05) is 24.3 Å². The van der Waals surface area contributed by atoms with Gasteiger partial charge in [0.2, 0.25) is 5.91 Å². The van der Waals surface area contributed by atoms with Crippen LogP contribution in [0, 0.1) is 5.92 Å². The maximum absolute atomic E-state index is 12.2. The van der Waals surface area contributed by atoms with Gasteiger partial charge in [-0.05, 0) is 37.4 Å². The number of hydrogen-bond acceptors (Lipinski definition) is 3. The molecule has 25 heavy (non-hydrogen) atoms. The molecule has 5 nitrogen and oxygen atoms in total. The molecule has 1 heterocycles. The van der Waals surface area contributed by atoms with Crippen molar-refractivity contribution in [1.29, 1.82) is 0 Å². The normalized spacial score (nSPS) is 11.7. The van der Waals surface area contributed by atoms with E-state index in [-0.39, 0.29) is 42.7 Å². The average Bonchev–Trinajstić information content (AvgIpc) is 2.95. The van der Waals surface area contributed by atoms with Crippen molar-refractivity contribution >= 4 is 41.8 Å². The Balaban J connectivity index is 0.00000288. The molecule has 0 saturated carbocycles. The molecule has 1 amide bonds. The summed E-state index contributed by atoms with van der Waals surface area (Å²) in [5.74, 6) is 1.20. The van der Waals surface area contributed by atoms with Gasteiger partial charge >= 0.3 is 0 Å². The molecule has 0 radical (unpaired) electrons. The molecule has 2 rings (SSSR count). The summed E-state index contributed by atoms with van der Waals surface area (Å²) >= 11 is 0. The number of nitrogens with two attached hydrogens (primary N) is 1. The Morgan fingerprint density at radius 1 is 1.16 bits per heavy atom. The maximum Gasteiger partial charge on any atom is 0.220 e. The van der Waals surface area contributed by atoms with E-state index in [0.29, 0.717) is 6.42 Å². The van der Waals surface area contributed by atoms with E-state index in [1.165, 1.54) is 0 Å². The van der Waals surface area contributed by atoms with Gasteiger partial charge < -0.3 is 16.0 Å². The monoisotopic (exact) mass is 388 g/mol. The predicted octanol–water partition coefficient (Wildman–Crippen LogP) is 4.13. The molecule has 4 N–H and O–H groups in total. The van der Waals surface area contributed by atoms with Crippen LogP contribution >= 0.6 is 24.8 Å². The zero-order valence-electron chi connectivity index (χ0n) is 15.0. The van der Waals surface area contributed by atoms with E-state index < -0.39 is 0 Å². The lowest BCUT2D eigenvalue weighted by molar-refractivity contribution is -0.122.